The molecule has 30 heavy (non-hydrogen) atoms. The monoisotopic (exact) mass is 441 g/mol. The maximum absolute atomic E-state index is 12.8. The predicted molar refractivity (Wildman–Crippen MR) is 119 cm³/mol. The van der Waals surface area contributed by atoms with E-state index in [-0.39, 0.29) is 17.7 Å². The number of aromatic nitrogens is 1. The van der Waals surface area contributed by atoms with Gasteiger partial charge in [-0.25, -0.2) is 4.98 Å². The fourth-order valence-electron chi connectivity index (χ4n) is 3.38. The Labute approximate surface area is 183 Å². The summed E-state index contributed by atoms with van der Waals surface area (Å²) in [6, 6.07) is 12.4. The number of fused-ring (bicyclic) bond motifs is 1. The molecule has 2 amide bonds. The highest BCUT2D eigenvalue weighted by Crippen LogP contribution is 2.39. The van der Waals surface area contributed by atoms with Crippen molar-refractivity contribution in [2.75, 3.05) is 17.7 Å². The maximum Gasteiger partial charge on any atom is 0.257 e. The van der Waals surface area contributed by atoms with E-state index in [4.69, 9.17) is 16.3 Å². The van der Waals surface area contributed by atoms with Gasteiger partial charge in [-0.2, -0.15) is 0 Å². The lowest BCUT2D eigenvalue weighted by atomic mass is 10.1. The molecule has 1 unspecified atom stereocenters. The van der Waals surface area contributed by atoms with Crippen LogP contribution >= 0.6 is 22.9 Å². The number of thiazole rings is 1. The highest BCUT2D eigenvalue weighted by molar-refractivity contribution is 7.16. The topological polar surface area (TPSA) is 80.3 Å². The van der Waals surface area contributed by atoms with Gasteiger partial charge in [-0.05, 0) is 50.1 Å². The van der Waals surface area contributed by atoms with Gasteiger partial charge < -0.3 is 10.1 Å². The summed E-state index contributed by atoms with van der Waals surface area (Å²) >= 11 is 7.56. The molecule has 1 aliphatic rings. The molecule has 2 N–H and O–H groups in total. The summed E-state index contributed by atoms with van der Waals surface area (Å²) < 4.78 is 5.14. The van der Waals surface area contributed by atoms with Gasteiger partial charge in [0.15, 0.2) is 5.13 Å². The summed E-state index contributed by atoms with van der Waals surface area (Å²) in [5.41, 5.74) is 2.99. The van der Waals surface area contributed by atoms with Crippen molar-refractivity contribution in [3.63, 3.8) is 0 Å². The van der Waals surface area contributed by atoms with Crippen LogP contribution < -0.4 is 15.4 Å². The van der Waals surface area contributed by atoms with Crippen molar-refractivity contribution in [1.82, 2.24) is 4.98 Å². The van der Waals surface area contributed by atoms with Crippen LogP contribution in [0.5, 0.6) is 5.75 Å². The number of carbonyl (C=O) groups excluding carboxylic acids is 2. The molecule has 2 aromatic carbocycles. The molecule has 0 saturated heterocycles. The molecule has 6 nitrogen and oxygen atoms in total. The minimum atomic E-state index is -0.359. The molecule has 1 aliphatic carbocycles. The van der Waals surface area contributed by atoms with E-state index in [1.807, 2.05) is 19.1 Å². The third kappa shape index (κ3) is 4.17. The Kier molecular flexibility index (Phi) is 5.74. The predicted octanol–water partition coefficient (Wildman–Crippen LogP) is 5.03. The van der Waals surface area contributed by atoms with Crippen molar-refractivity contribution in [2.24, 2.45) is 0 Å². The molecule has 0 aliphatic heterocycles. The Morgan fingerprint density at radius 3 is 2.63 bits per heavy atom. The van der Waals surface area contributed by atoms with Crippen molar-refractivity contribution in [3.8, 4) is 5.75 Å². The molecule has 3 aromatic rings. The molecule has 0 radical (unpaired) electrons. The summed E-state index contributed by atoms with van der Waals surface area (Å²) in [7, 11) is 1.54. The molecule has 0 bridgehead atoms. The van der Waals surface area contributed by atoms with Crippen LogP contribution in [0.2, 0.25) is 5.02 Å². The van der Waals surface area contributed by atoms with Crippen LogP contribution in [0, 0.1) is 6.92 Å². The van der Waals surface area contributed by atoms with E-state index in [0.717, 1.165) is 22.6 Å². The Hall–Kier alpha value is -2.90. The lowest BCUT2D eigenvalue weighted by Gasteiger charge is -2.12. The summed E-state index contributed by atoms with van der Waals surface area (Å²) in [6.07, 6.45) is 1.45. The maximum atomic E-state index is 12.8. The molecule has 1 atom stereocenters. The second-order valence-corrected chi connectivity index (χ2v) is 8.57. The van der Waals surface area contributed by atoms with E-state index in [9.17, 15) is 9.59 Å². The highest BCUT2D eigenvalue weighted by atomic mass is 35.5. The Morgan fingerprint density at radius 2 is 1.93 bits per heavy atom. The van der Waals surface area contributed by atoms with Gasteiger partial charge in [0.25, 0.3) is 5.91 Å². The van der Waals surface area contributed by atoms with E-state index in [2.05, 4.69) is 15.6 Å². The molecule has 0 spiro atoms. The highest BCUT2D eigenvalue weighted by Gasteiger charge is 2.33. The van der Waals surface area contributed by atoms with Crippen molar-refractivity contribution in [1.29, 1.82) is 0 Å². The SMILES string of the molecule is COc1ccc(NC(=O)C2CCc3sc(NC(=O)c4ccc(C)cc4)nc32)cc1Cl. The lowest BCUT2D eigenvalue weighted by molar-refractivity contribution is -0.117. The van der Waals surface area contributed by atoms with E-state index < -0.39 is 0 Å². The average molecular weight is 442 g/mol. The van der Waals surface area contributed by atoms with Gasteiger partial charge >= 0.3 is 0 Å². The molecule has 8 heteroatoms. The number of ether oxygens (including phenoxy) is 1. The van der Waals surface area contributed by atoms with Gasteiger partial charge in [0.05, 0.1) is 23.7 Å². The summed E-state index contributed by atoms with van der Waals surface area (Å²) in [5.74, 6) is -0.165. The molecule has 154 valence electrons. The zero-order valence-corrected chi connectivity index (χ0v) is 18.1. The number of hydrogen-bond acceptors (Lipinski definition) is 5. The largest absolute Gasteiger partial charge is 0.495 e. The van der Waals surface area contributed by atoms with E-state index in [1.165, 1.54) is 18.4 Å². The van der Waals surface area contributed by atoms with Gasteiger partial charge in [-0.1, -0.05) is 29.3 Å². The Balaban J connectivity index is 1.45. The minimum Gasteiger partial charge on any atom is -0.495 e. The summed E-state index contributed by atoms with van der Waals surface area (Å²) in [4.78, 5) is 30.8. The molecular formula is C22H20ClN3O3S. The van der Waals surface area contributed by atoms with Crippen LogP contribution in [0.3, 0.4) is 0 Å². The second-order valence-electron chi connectivity index (χ2n) is 7.08. The summed E-state index contributed by atoms with van der Waals surface area (Å²) in [6.45, 7) is 1.97. The molecular weight excluding hydrogens is 422 g/mol. The van der Waals surface area contributed by atoms with Gasteiger partial charge in [0.1, 0.15) is 5.75 Å². The fourth-order valence-corrected chi connectivity index (χ4v) is 4.67. The van der Waals surface area contributed by atoms with Gasteiger partial charge in [0.2, 0.25) is 5.91 Å². The zero-order chi connectivity index (χ0) is 21.3. The third-order valence-electron chi connectivity index (χ3n) is 4.99. The fraction of sp³-hybridized carbons (Fsp3) is 0.227. The number of rotatable bonds is 5. The second kappa shape index (κ2) is 8.45. The lowest BCUT2D eigenvalue weighted by Crippen LogP contribution is -2.20. The first-order chi connectivity index (χ1) is 14.4. The van der Waals surface area contributed by atoms with Crippen LogP contribution in [-0.4, -0.2) is 23.9 Å². The first-order valence-corrected chi connectivity index (χ1v) is 10.7. The number of nitrogens with one attached hydrogen (secondary N) is 2. The molecule has 4 rings (SSSR count). The number of methoxy groups -OCH3 is 1. The first-order valence-electron chi connectivity index (χ1n) is 9.46. The molecule has 0 fully saturated rings. The number of benzene rings is 2. The van der Waals surface area contributed by atoms with Crippen LogP contribution in [0.1, 0.15) is 38.8 Å². The van der Waals surface area contributed by atoms with Gasteiger partial charge in [-0.3, -0.25) is 14.9 Å². The van der Waals surface area contributed by atoms with E-state index in [1.54, 1.807) is 30.3 Å². The van der Waals surface area contributed by atoms with Crippen LogP contribution in [0.25, 0.3) is 0 Å². The van der Waals surface area contributed by atoms with Crippen LogP contribution in [0.4, 0.5) is 10.8 Å². The minimum absolute atomic E-state index is 0.142. The quantitative estimate of drug-likeness (QED) is 0.581. The van der Waals surface area contributed by atoms with Gasteiger partial charge in [0, 0.05) is 16.1 Å². The standard InChI is InChI=1S/C22H20ClN3O3S/c1-12-3-5-13(6-4-12)20(27)26-22-25-19-15(8-10-18(19)30-22)21(28)24-14-7-9-17(29-2)16(23)11-14/h3-7,9,11,15H,8,10H2,1-2H3,(H,24,28)(H,25,26,27). The van der Waals surface area contributed by atoms with Crippen molar-refractivity contribution < 1.29 is 14.3 Å². The molecule has 0 saturated carbocycles. The molecule has 1 aromatic heterocycles. The number of hydrogen-bond donors (Lipinski definition) is 2. The van der Waals surface area contributed by atoms with E-state index >= 15 is 0 Å². The van der Waals surface area contributed by atoms with Crippen LogP contribution in [-0.2, 0) is 11.2 Å². The Morgan fingerprint density at radius 1 is 1.17 bits per heavy atom. The van der Waals surface area contributed by atoms with Crippen molar-refractivity contribution in [3.05, 3.63) is 69.2 Å². The summed E-state index contributed by atoms with van der Waals surface area (Å²) in [5, 5.41) is 6.68. The van der Waals surface area contributed by atoms with Crippen molar-refractivity contribution in [2.45, 2.75) is 25.7 Å². The van der Waals surface area contributed by atoms with Gasteiger partial charge in [-0.15, -0.1) is 11.3 Å². The first kappa shape index (κ1) is 20.4. The van der Waals surface area contributed by atoms with E-state index in [0.29, 0.717) is 33.6 Å². The number of amides is 2. The number of anilines is 2. The number of nitrogens with zero attached hydrogens (tertiary/aromatic N) is 1. The smallest absolute Gasteiger partial charge is 0.257 e. The number of halogens is 1. The number of aryl methyl sites for hydroxylation is 2. The van der Waals surface area contributed by atoms with Crippen molar-refractivity contribution >= 4 is 45.6 Å². The average Bonchev–Trinajstić information content (AvgIpc) is 3.28. The third-order valence-corrected chi connectivity index (χ3v) is 6.33. The van der Waals surface area contributed by atoms with Crippen LogP contribution in [0.15, 0.2) is 42.5 Å². The zero-order valence-electron chi connectivity index (χ0n) is 16.5. The normalized spacial score (nSPS) is 14.8. The number of carbonyl (C=O) groups is 2. The Bertz CT molecular complexity index is 1110. The molecule has 1 heterocycles.